The third-order valence-electron chi connectivity index (χ3n) is 4.34. The van der Waals surface area contributed by atoms with Gasteiger partial charge in [-0.2, -0.15) is 0 Å². The molecule has 3 atom stereocenters. The summed E-state index contributed by atoms with van der Waals surface area (Å²) in [5, 5.41) is 6.40. The number of aryl methyl sites for hydroxylation is 1. The summed E-state index contributed by atoms with van der Waals surface area (Å²) >= 11 is 0. The van der Waals surface area contributed by atoms with Crippen LogP contribution in [-0.2, 0) is 9.53 Å². The van der Waals surface area contributed by atoms with Crippen molar-refractivity contribution in [3.8, 4) is 0 Å². The first-order chi connectivity index (χ1) is 9.75. The monoisotopic (exact) mass is 275 g/mol. The van der Waals surface area contributed by atoms with Crippen LogP contribution in [0.5, 0.6) is 0 Å². The number of hydrogen-bond donors (Lipinski definition) is 2. The molecule has 0 saturated carbocycles. The maximum atomic E-state index is 12.6. The van der Waals surface area contributed by atoms with Crippen LogP contribution < -0.4 is 10.6 Å². The highest BCUT2D eigenvalue weighted by atomic mass is 16.5. The molecule has 1 amide bonds. The van der Waals surface area contributed by atoms with Gasteiger partial charge in [0.05, 0.1) is 17.5 Å². The van der Waals surface area contributed by atoms with Crippen molar-refractivity contribution in [1.82, 2.24) is 10.3 Å². The Morgan fingerprint density at radius 1 is 1.50 bits per heavy atom. The second kappa shape index (κ2) is 5.89. The van der Waals surface area contributed by atoms with Crippen LogP contribution >= 0.6 is 0 Å². The number of nitrogens with zero attached hydrogens (tertiary/aromatic N) is 1. The van der Waals surface area contributed by atoms with E-state index in [1.54, 1.807) is 6.20 Å². The summed E-state index contributed by atoms with van der Waals surface area (Å²) in [4.78, 5) is 16.8. The van der Waals surface area contributed by atoms with Gasteiger partial charge in [0.2, 0.25) is 5.91 Å². The number of rotatable bonds is 2. The van der Waals surface area contributed by atoms with Gasteiger partial charge >= 0.3 is 0 Å². The smallest absolute Gasteiger partial charge is 0.228 e. The molecule has 20 heavy (non-hydrogen) atoms. The number of pyridine rings is 1. The highest BCUT2D eigenvalue weighted by molar-refractivity contribution is 5.93. The molecule has 108 valence electrons. The van der Waals surface area contributed by atoms with E-state index < -0.39 is 0 Å². The topological polar surface area (TPSA) is 63.2 Å². The zero-order valence-corrected chi connectivity index (χ0v) is 11.8. The molecule has 2 fully saturated rings. The molecule has 2 aliphatic rings. The number of anilines is 1. The molecule has 0 radical (unpaired) electrons. The molecule has 0 aromatic carbocycles. The van der Waals surface area contributed by atoms with Crippen LogP contribution in [0.3, 0.4) is 0 Å². The van der Waals surface area contributed by atoms with Crippen LogP contribution in [0.25, 0.3) is 0 Å². The first kappa shape index (κ1) is 13.5. The van der Waals surface area contributed by atoms with Crippen LogP contribution in [-0.4, -0.2) is 36.7 Å². The lowest BCUT2D eigenvalue weighted by atomic mass is 9.79. The summed E-state index contributed by atoms with van der Waals surface area (Å²) in [6.07, 6.45) is 3.77. The quantitative estimate of drug-likeness (QED) is 0.855. The van der Waals surface area contributed by atoms with E-state index in [4.69, 9.17) is 4.74 Å². The van der Waals surface area contributed by atoms with Gasteiger partial charge in [-0.1, -0.05) is 0 Å². The van der Waals surface area contributed by atoms with Crippen molar-refractivity contribution >= 4 is 11.6 Å². The number of amides is 1. The Kier molecular flexibility index (Phi) is 3.98. The Hall–Kier alpha value is -1.46. The largest absolute Gasteiger partial charge is 0.378 e. The van der Waals surface area contributed by atoms with E-state index in [2.05, 4.69) is 15.6 Å². The number of piperidine rings is 1. The maximum Gasteiger partial charge on any atom is 0.228 e. The Bertz CT molecular complexity index is 490. The Labute approximate surface area is 119 Å². The highest BCUT2D eigenvalue weighted by Gasteiger charge is 2.39. The number of hydrogen-bond acceptors (Lipinski definition) is 4. The number of nitrogens with one attached hydrogen (secondary N) is 2. The minimum atomic E-state index is 0.0288. The van der Waals surface area contributed by atoms with Crippen molar-refractivity contribution in [2.24, 2.45) is 11.8 Å². The average molecular weight is 275 g/mol. The van der Waals surface area contributed by atoms with Gasteiger partial charge in [0.15, 0.2) is 0 Å². The van der Waals surface area contributed by atoms with Crippen molar-refractivity contribution in [2.75, 3.05) is 25.0 Å². The second-order valence-corrected chi connectivity index (χ2v) is 5.59. The van der Waals surface area contributed by atoms with Crippen LogP contribution in [0.2, 0.25) is 0 Å². The van der Waals surface area contributed by atoms with Gasteiger partial charge in [-0.3, -0.25) is 9.78 Å². The van der Waals surface area contributed by atoms with Crippen molar-refractivity contribution in [3.63, 3.8) is 0 Å². The van der Waals surface area contributed by atoms with Gasteiger partial charge in [0.25, 0.3) is 0 Å². The fourth-order valence-corrected chi connectivity index (χ4v) is 3.19. The lowest BCUT2D eigenvalue weighted by molar-refractivity contribution is -0.132. The van der Waals surface area contributed by atoms with Crippen LogP contribution in [0.15, 0.2) is 18.3 Å². The number of ether oxygens (including phenoxy) is 1. The summed E-state index contributed by atoms with van der Waals surface area (Å²) in [6, 6.07) is 3.74. The zero-order valence-electron chi connectivity index (χ0n) is 11.8. The molecule has 3 rings (SSSR count). The van der Waals surface area contributed by atoms with E-state index >= 15 is 0 Å². The van der Waals surface area contributed by atoms with Crippen molar-refractivity contribution in [1.29, 1.82) is 0 Å². The SMILES string of the molecule is Cc1ncccc1NC(=O)[C@@H]1CCO[C@@H]2CCNC[C@@H]21. The summed E-state index contributed by atoms with van der Waals surface area (Å²) < 4.78 is 5.80. The van der Waals surface area contributed by atoms with Crippen LogP contribution in [0.4, 0.5) is 5.69 Å². The average Bonchev–Trinajstić information content (AvgIpc) is 2.49. The van der Waals surface area contributed by atoms with Gasteiger partial charge < -0.3 is 15.4 Å². The van der Waals surface area contributed by atoms with Crippen LogP contribution in [0.1, 0.15) is 18.5 Å². The van der Waals surface area contributed by atoms with Gasteiger partial charge in [-0.25, -0.2) is 0 Å². The molecule has 2 aliphatic heterocycles. The van der Waals surface area contributed by atoms with Gasteiger partial charge in [-0.05, 0) is 38.4 Å². The van der Waals surface area contributed by atoms with E-state index in [0.29, 0.717) is 6.61 Å². The number of carbonyl (C=O) groups excluding carboxylic acids is 1. The first-order valence-corrected chi connectivity index (χ1v) is 7.30. The van der Waals surface area contributed by atoms with Gasteiger partial charge in [0.1, 0.15) is 0 Å². The summed E-state index contributed by atoms with van der Waals surface area (Å²) in [5.41, 5.74) is 1.66. The van der Waals surface area contributed by atoms with Gasteiger partial charge in [0, 0.05) is 31.2 Å². The Balaban J connectivity index is 1.71. The van der Waals surface area contributed by atoms with E-state index in [9.17, 15) is 4.79 Å². The molecule has 1 aromatic heterocycles. The normalized spacial score (nSPS) is 29.6. The number of carbonyl (C=O) groups is 1. The summed E-state index contributed by atoms with van der Waals surface area (Å²) in [5.74, 6) is 0.415. The van der Waals surface area contributed by atoms with Crippen molar-refractivity contribution in [2.45, 2.75) is 25.9 Å². The predicted molar refractivity (Wildman–Crippen MR) is 76.4 cm³/mol. The molecule has 1 aromatic rings. The molecule has 0 spiro atoms. The molecular weight excluding hydrogens is 254 g/mol. The Morgan fingerprint density at radius 3 is 3.25 bits per heavy atom. The molecule has 0 aliphatic carbocycles. The molecule has 0 bridgehead atoms. The van der Waals surface area contributed by atoms with E-state index in [1.165, 1.54) is 0 Å². The molecule has 3 heterocycles. The third-order valence-corrected chi connectivity index (χ3v) is 4.34. The minimum Gasteiger partial charge on any atom is -0.378 e. The van der Waals surface area contributed by atoms with E-state index in [1.807, 2.05) is 19.1 Å². The van der Waals surface area contributed by atoms with Crippen molar-refractivity contribution in [3.05, 3.63) is 24.0 Å². The fourth-order valence-electron chi connectivity index (χ4n) is 3.19. The van der Waals surface area contributed by atoms with Gasteiger partial charge in [-0.15, -0.1) is 0 Å². The maximum absolute atomic E-state index is 12.6. The molecular formula is C15H21N3O2. The van der Waals surface area contributed by atoms with E-state index in [0.717, 1.165) is 37.3 Å². The molecule has 5 heteroatoms. The lowest BCUT2D eigenvalue weighted by Crippen LogP contribution is -2.51. The van der Waals surface area contributed by atoms with Crippen LogP contribution in [0, 0.1) is 18.8 Å². The standard InChI is InChI=1S/C15H21N3O2/c1-10-13(3-2-6-17-10)18-15(19)11-5-8-20-14-4-7-16-9-12(11)14/h2-3,6,11-12,14,16H,4-5,7-9H2,1H3,(H,18,19)/t11-,12-,14-/m1/s1. The predicted octanol–water partition coefficient (Wildman–Crippen LogP) is 1.34. The molecule has 2 N–H and O–H groups in total. The second-order valence-electron chi connectivity index (χ2n) is 5.59. The highest BCUT2D eigenvalue weighted by Crippen LogP contribution is 2.31. The minimum absolute atomic E-state index is 0.0288. The van der Waals surface area contributed by atoms with E-state index in [-0.39, 0.29) is 23.8 Å². The Morgan fingerprint density at radius 2 is 2.40 bits per heavy atom. The number of aromatic nitrogens is 1. The van der Waals surface area contributed by atoms with Crippen molar-refractivity contribution < 1.29 is 9.53 Å². The summed E-state index contributed by atoms with van der Waals surface area (Å²) in [6.45, 7) is 4.45. The molecule has 2 saturated heterocycles. The lowest BCUT2D eigenvalue weighted by Gasteiger charge is -2.40. The zero-order chi connectivity index (χ0) is 13.9. The first-order valence-electron chi connectivity index (χ1n) is 7.30. The fraction of sp³-hybridized carbons (Fsp3) is 0.600. The summed E-state index contributed by atoms with van der Waals surface area (Å²) in [7, 11) is 0. The molecule has 5 nitrogen and oxygen atoms in total. The third kappa shape index (κ3) is 2.69. The molecule has 0 unspecified atom stereocenters. The number of fused-ring (bicyclic) bond motifs is 1.